The van der Waals surface area contributed by atoms with E-state index < -0.39 is 0 Å². The van der Waals surface area contributed by atoms with Gasteiger partial charge in [-0.05, 0) is 146 Å². The van der Waals surface area contributed by atoms with Gasteiger partial charge in [-0.2, -0.15) is 0 Å². The first-order chi connectivity index (χ1) is 26.8. The average Bonchev–Trinajstić information content (AvgIpc) is 3.24. The van der Waals surface area contributed by atoms with Crippen molar-refractivity contribution in [3.63, 3.8) is 0 Å². The van der Waals surface area contributed by atoms with Crippen LogP contribution in [0.3, 0.4) is 0 Å². The number of hydrogen-bond donors (Lipinski definition) is 0. The maximum atomic E-state index is 2.47. The maximum absolute atomic E-state index is 2.47. The molecule has 54 heavy (non-hydrogen) atoms. The highest BCUT2D eigenvalue weighted by atomic mass is 14.2. The Bertz CT molecular complexity index is 3140. The molecule has 11 rings (SSSR count). The van der Waals surface area contributed by atoms with Crippen molar-refractivity contribution in [3.8, 4) is 44.5 Å². The van der Waals surface area contributed by atoms with E-state index >= 15 is 0 Å². The second-order valence-electron chi connectivity index (χ2n) is 14.4. The molecule has 0 spiro atoms. The second kappa shape index (κ2) is 12.3. The molecule has 0 radical (unpaired) electrons. The van der Waals surface area contributed by atoms with E-state index in [4.69, 9.17) is 0 Å². The van der Waals surface area contributed by atoms with Crippen LogP contribution in [-0.2, 0) is 0 Å². The molecule has 0 aromatic heterocycles. The molecule has 0 nitrogen and oxygen atoms in total. The molecule has 0 unspecified atom stereocenters. The lowest BCUT2D eigenvalue weighted by Crippen LogP contribution is -1.93. The fourth-order valence-electron chi connectivity index (χ4n) is 8.94. The van der Waals surface area contributed by atoms with Crippen LogP contribution < -0.4 is 0 Å². The summed E-state index contributed by atoms with van der Waals surface area (Å²) < 4.78 is 0. The summed E-state index contributed by atoms with van der Waals surface area (Å²) in [6, 6.07) is 76.3. The maximum Gasteiger partial charge on any atom is -0.00262 e. The number of benzene rings is 11. The summed E-state index contributed by atoms with van der Waals surface area (Å²) in [7, 11) is 0. The van der Waals surface area contributed by atoms with Crippen molar-refractivity contribution in [2.24, 2.45) is 0 Å². The van der Waals surface area contributed by atoms with E-state index in [1.807, 2.05) is 0 Å². The Morgan fingerprint density at radius 3 is 1.13 bits per heavy atom. The average molecular weight is 683 g/mol. The lowest BCUT2D eigenvalue weighted by Gasteiger charge is -2.20. The van der Waals surface area contributed by atoms with E-state index in [9.17, 15) is 0 Å². The summed E-state index contributed by atoms with van der Waals surface area (Å²) in [6.45, 7) is 0. The standard InChI is InChI=1S/C54H34/c1-3-15-35(16-4-1)48-33-43(54-46-25-13-9-21-39(46)30-40-22-10-14-26-47(40)54)34-51-50(48)31-41-27-28-42(32-49(41)52(51)36-17-5-2-6-18-36)53-44-23-11-7-19-37(44)29-38-20-8-12-24-45(38)53/h1-34H. The van der Waals surface area contributed by atoms with Crippen molar-refractivity contribution in [2.75, 3.05) is 0 Å². The van der Waals surface area contributed by atoms with Crippen molar-refractivity contribution < 1.29 is 0 Å². The predicted molar refractivity (Wildman–Crippen MR) is 233 cm³/mol. The smallest absolute Gasteiger partial charge is 0.00262 e. The largest absolute Gasteiger partial charge is 0.0622 e. The molecule has 0 aliphatic rings. The van der Waals surface area contributed by atoms with E-state index in [1.54, 1.807) is 0 Å². The minimum Gasteiger partial charge on any atom is -0.0622 e. The Kier molecular flexibility index (Phi) is 6.97. The summed E-state index contributed by atoms with van der Waals surface area (Å²) in [6.07, 6.45) is 0. The first kappa shape index (κ1) is 30.6. The number of rotatable bonds is 4. The van der Waals surface area contributed by atoms with Gasteiger partial charge in [0.1, 0.15) is 0 Å². The molecule has 250 valence electrons. The predicted octanol–water partition coefficient (Wildman–Crippen LogP) is 15.3. The van der Waals surface area contributed by atoms with Gasteiger partial charge in [0.05, 0.1) is 0 Å². The molecule has 0 heteroatoms. The van der Waals surface area contributed by atoms with Crippen LogP contribution in [0.5, 0.6) is 0 Å². The van der Waals surface area contributed by atoms with Gasteiger partial charge in [0.2, 0.25) is 0 Å². The van der Waals surface area contributed by atoms with Crippen molar-refractivity contribution in [2.45, 2.75) is 0 Å². The third-order valence-electron chi connectivity index (χ3n) is 11.3. The van der Waals surface area contributed by atoms with Gasteiger partial charge in [-0.25, -0.2) is 0 Å². The zero-order valence-electron chi connectivity index (χ0n) is 29.6. The highest BCUT2D eigenvalue weighted by molar-refractivity contribution is 6.21. The van der Waals surface area contributed by atoms with Gasteiger partial charge in [0, 0.05) is 0 Å². The molecule has 11 aromatic rings. The van der Waals surface area contributed by atoms with Crippen LogP contribution in [0.25, 0.3) is 109 Å². The van der Waals surface area contributed by atoms with Gasteiger partial charge in [0.15, 0.2) is 0 Å². The summed E-state index contributed by atoms with van der Waals surface area (Å²) in [5.41, 5.74) is 9.94. The van der Waals surface area contributed by atoms with Crippen molar-refractivity contribution in [3.05, 3.63) is 206 Å². The molecular weight excluding hydrogens is 649 g/mol. The van der Waals surface area contributed by atoms with Gasteiger partial charge in [0.25, 0.3) is 0 Å². The molecule has 0 saturated carbocycles. The minimum absolute atomic E-state index is 1.21. The Labute approximate surface area is 314 Å². The highest BCUT2D eigenvalue weighted by Crippen LogP contribution is 2.47. The van der Waals surface area contributed by atoms with E-state index in [-0.39, 0.29) is 0 Å². The van der Waals surface area contributed by atoms with Crippen LogP contribution in [0.1, 0.15) is 0 Å². The molecule has 11 aromatic carbocycles. The lowest BCUT2D eigenvalue weighted by molar-refractivity contribution is 1.63. The molecular formula is C54H34. The van der Waals surface area contributed by atoms with Crippen molar-refractivity contribution in [1.29, 1.82) is 0 Å². The van der Waals surface area contributed by atoms with Gasteiger partial charge >= 0.3 is 0 Å². The topological polar surface area (TPSA) is 0 Å². The summed E-state index contributed by atoms with van der Waals surface area (Å²) in [5, 5.41) is 15.1. The van der Waals surface area contributed by atoms with Crippen LogP contribution >= 0.6 is 0 Å². The van der Waals surface area contributed by atoms with Gasteiger partial charge in [-0.3, -0.25) is 0 Å². The minimum atomic E-state index is 1.21. The molecule has 0 N–H and O–H groups in total. The van der Waals surface area contributed by atoms with Crippen molar-refractivity contribution >= 4 is 64.6 Å². The van der Waals surface area contributed by atoms with Gasteiger partial charge in [-0.1, -0.05) is 170 Å². The van der Waals surface area contributed by atoms with Gasteiger partial charge in [-0.15, -0.1) is 0 Å². The molecule has 0 bridgehead atoms. The highest BCUT2D eigenvalue weighted by Gasteiger charge is 2.19. The number of fused-ring (bicyclic) bond motifs is 6. The Morgan fingerprint density at radius 1 is 0.185 bits per heavy atom. The second-order valence-corrected chi connectivity index (χ2v) is 14.4. The van der Waals surface area contributed by atoms with Crippen LogP contribution in [0.4, 0.5) is 0 Å². The lowest BCUT2D eigenvalue weighted by atomic mass is 9.83. The molecule has 0 atom stereocenters. The van der Waals surface area contributed by atoms with Crippen LogP contribution in [-0.4, -0.2) is 0 Å². The third kappa shape index (κ3) is 4.85. The van der Waals surface area contributed by atoms with E-state index in [2.05, 4.69) is 206 Å². The fourth-order valence-corrected chi connectivity index (χ4v) is 8.94. The van der Waals surface area contributed by atoms with Crippen LogP contribution in [0.2, 0.25) is 0 Å². The quantitative estimate of drug-likeness (QED) is 0.162. The van der Waals surface area contributed by atoms with Gasteiger partial charge < -0.3 is 0 Å². The van der Waals surface area contributed by atoms with Crippen LogP contribution in [0, 0.1) is 0 Å². The summed E-state index contributed by atoms with van der Waals surface area (Å²) in [5.74, 6) is 0. The molecule has 0 heterocycles. The van der Waals surface area contributed by atoms with Crippen molar-refractivity contribution in [1.82, 2.24) is 0 Å². The van der Waals surface area contributed by atoms with Crippen LogP contribution in [0.15, 0.2) is 206 Å². The van der Waals surface area contributed by atoms with E-state index in [0.29, 0.717) is 0 Å². The Hall–Kier alpha value is -7.02. The first-order valence-corrected chi connectivity index (χ1v) is 18.8. The molecule has 0 aliphatic carbocycles. The summed E-state index contributed by atoms with van der Waals surface area (Å²) >= 11 is 0. The summed E-state index contributed by atoms with van der Waals surface area (Å²) in [4.78, 5) is 0. The van der Waals surface area contributed by atoms with E-state index in [1.165, 1.54) is 109 Å². The SMILES string of the molecule is c1ccc(-c2cc(-c3c4ccccc4cc4ccccc34)cc3c(-c4ccccc4)c4cc(-c5c6ccccc6cc6ccccc56)ccc4cc23)cc1. The fraction of sp³-hybridized carbons (Fsp3) is 0. The monoisotopic (exact) mass is 682 g/mol. The molecule has 0 fully saturated rings. The zero-order valence-corrected chi connectivity index (χ0v) is 29.6. The molecule has 0 aliphatic heterocycles. The molecule has 0 amide bonds. The number of hydrogen-bond acceptors (Lipinski definition) is 0. The Balaban J connectivity index is 1.30. The third-order valence-corrected chi connectivity index (χ3v) is 11.3. The first-order valence-electron chi connectivity index (χ1n) is 18.8. The molecule has 0 saturated heterocycles. The van der Waals surface area contributed by atoms with E-state index in [0.717, 1.165) is 0 Å². The Morgan fingerprint density at radius 2 is 0.593 bits per heavy atom. The zero-order chi connectivity index (χ0) is 35.6. The normalized spacial score (nSPS) is 11.7.